The molecule has 3 N–H and O–H groups in total. The predicted octanol–water partition coefficient (Wildman–Crippen LogP) is 1.46. The number of carboxylic acids is 2. The van der Waals surface area contributed by atoms with Crippen molar-refractivity contribution >= 4 is 17.8 Å². The molecule has 24 heavy (non-hydrogen) atoms. The van der Waals surface area contributed by atoms with E-state index in [1.54, 1.807) is 6.92 Å². The number of fused-ring (bicyclic) bond motifs is 1. The molecule has 0 aromatic carbocycles. The van der Waals surface area contributed by atoms with Gasteiger partial charge in [0.15, 0.2) is 0 Å². The number of nitrogens with one attached hydrogen (secondary N) is 1. The van der Waals surface area contributed by atoms with Gasteiger partial charge in [0, 0.05) is 6.04 Å². The lowest BCUT2D eigenvalue weighted by Gasteiger charge is -2.31. The number of aliphatic carboxylic acids is 2. The molecule has 0 aromatic rings. The van der Waals surface area contributed by atoms with Crippen LogP contribution in [0.25, 0.3) is 0 Å². The number of nitrogens with zero attached hydrogens (tertiary/aromatic N) is 1. The number of likely N-dealkylation sites (tertiary alicyclic amines) is 1. The van der Waals surface area contributed by atoms with Crippen molar-refractivity contribution < 1.29 is 24.6 Å². The molecule has 0 spiro atoms. The smallest absolute Gasteiger partial charge is 0.326 e. The zero-order chi connectivity index (χ0) is 17.9. The Hall–Kier alpha value is -1.63. The van der Waals surface area contributed by atoms with E-state index < -0.39 is 30.1 Å². The van der Waals surface area contributed by atoms with Crippen LogP contribution in [0, 0.1) is 5.92 Å². The predicted molar refractivity (Wildman–Crippen MR) is 87.6 cm³/mol. The molecular formula is C17H28N2O5. The van der Waals surface area contributed by atoms with Crippen LogP contribution in [0.4, 0.5) is 0 Å². The van der Waals surface area contributed by atoms with Crippen LogP contribution in [-0.4, -0.2) is 57.1 Å². The van der Waals surface area contributed by atoms with Gasteiger partial charge in [0.1, 0.15) is 12.1 Å². The van der Waals surface area contributed by atoms with Crippen LogP contribution in [0.3, 0.4) is 0 Å². The van der Waals surface area contributed by atoms with Gasteiger partial charge in [-0.1, -0.05) is 26.2 Å². The third-order valence-corrected chi connectivity index (χ3v) is 5.34. The second-order valence-electron chi connectivity index (χ2n) is 7.01. The molecule has 2 aliphatic rings. The maximum absolute atomic E-state index is 12.8. The topological polar surface area (TPSA) is 107 Å². The fourth-order valence-electron chi connectivity index (χ4n) is 4.11. The Bertz CT molecular complexity index is 495. The van der Waals surface area contributed by atoms with Crippen molar-refractivity contribution in [3.63, 3.8) is 0 Å². The monoisotopic (exact) mass is 340 g/mol. The summed E-state index contributed by atoms with van der Waals surface area (Å²) >= 11 is 0. The van der Waals surface area contributed by atoms with Crippen LogP contribution < -0.4 is 5.32 Å². The minimum absolute atomic E-state index is 0.0123. The summed E-state index contributed by atoms with van der Waals surface area (Å²) in [5.74, 6) is -1.97. The zero-order valence-electron chi connectivity index (χ0n) is 14.4. The van der Waals surface area contributed by atoms with Crippen molar-refractivity contribution in [1.29, 1.82) is 0 Å². The number of hydrogen-bond donors (Lipinski definition) is 3. The Morgan fingerprint density at radius 2 is 1.96 bits per heavy atom. The van der Waals surface area contributed by atoms with Crippen molar-refractivity contribution in [3.8, 4) is 0 Å². The summed E-state index contributed by atoms with van der Waals surface area (Å²) in [6.07, 6.45) is 5.43. The summed E-state index contributed by atoms with van der Waals surface area (Å²) in [7, 11) is 0. The molecule has 2 rings (SSSR count). The van der Waals surface area contributed by atoms with Crippen molar-refractivity contribution in [2.45, 2.75) is 83.0 Å². The molecule has 1 heterocycles. The Balaban J connectivity index is 2.07. The first-order valence-corrected chi connectivity index (χ1v) is 8.90. The normalized spacial score (nSPS) is 28.4. The van der Waals surface area contributed by atoms with E-state index in [1.165, 1.54) is 4.90 Å². The highest BCUT2D eigenvalue weighted by Crippen LogP contribution is 2.41. The Kier molecular flexibility index (Phi) is 6.21. The second-order valence-corrected chi connectivity index (χ2v) is 7.01. The molecule has 0 aromatic heterocycles. The van der Waals surface area contributed by atoms with E-state index in [9.17, 15) is 24.6 Å². The van der Waals surface area contributed by atoms with E-state index in [-0.39, 0.29) is 17.9 Å². The first-order chi connectivity index (χ1) is 11.4. The summed E-state index contributed by atoms with van der Waals surface area (Å²) < 4.78 is 0. The van der Waals surface area contributed by atoms with Gasteiger partial charge in [-0.25, -0.2) is 4.79 Å². The lowest BCUT2D eigenvalue weighted by Crippen LogP contribution is -2.55. The van der Waals surface area contributed by atoms with Gasteiger partial charge in [-0.2, -0.15) is 0 Å². The number of carboxylic acid groups (broad SMARTS) is 2. The molecule has 7 heteroatoms. The third-order valence-electron chi connectivity index (χ3n) is 5.34. The molecule has 1 aliphatic heterocycles. The minimum atomic E-state index is -0.974. The lowest BCUT2D eigenvalue weighted by atomic mass is 10.0. The summed E-state index contributed by atoms with van der Waals surface area (Å²) in [5, 5.41) is 21.6. The molecule has 136 valence electrons. The molecule has 0 unspecified atom stereocenters. The quantitative estimate of drug-likeness (QED) is 0.617. The van der Waals surface area contributed by atoms with E-state index in [0.717, 1.165) is 32.1 Å². The van der Waals surface area contributed by atoms with Gasteiger partial charge in [0.05, 0.1) is 6.04 Å². The summed E-state index contributed by atoms with van der Waals surface area (Å²) in [5.41, 5.74) is 0. The van der Waals surface area contributed by atoms with Gasteiger partial charge in [0.25, 0.3) is 0 Å². The second kappa shape index (κ2) is 7.96. The molecule has 7 nitrogen and oxygen atoms in total. The van der Waals surface area contributed by atoms with Gasteiger partial charge >= 0.3 is 11.9 Å². The van der Waals surface area contributed by atoms with Gasteiger partial charge < -0.3 is 15.1 Å². The van der Waals surface area contributed by atoms with Gasteiger partial charge in [-0.3, -0.25) is 14.9 Å². The minimum Gasteiger partial charge on any atom is -0.480 e. The number of rotatable bonds is 8. The number of carbonyl (C=O) groups is 3. The molecular weight excluding hydrogens is 312 g/mol. The van der Waals surface area contributed by atoms with Crippen molar-refractivity contribution in [2.24, 2.45) is 5.92 Å². The van der Waals surface area contributed by atoms with Gasteiger partial charge in [-0.05, 0) is 38.5 Å². The highest BCUT2D eigenvalue weighted by atomic mass is 16.4. The fourth-order valence-corrected chi connectivity index (χ4v) is 4.11. The van der Waals surface area contributed by atoms with Crippen LogP contribution in [0.5, 0.6) is 0 Å². The molecule has 0 bridgehead atoms. The van der Waals surface area contributed by atoms with Gasteiger partial charge in [-0.15, -0.1) is 0 Å². The maximum atomic E-state index is 12.8. The van der Waals surface area contributed by atoms with Crippen LogP contribution in [0.2, 0.25) is 0 Å². The van der Waals surface area contributed by atoms with E-state index in [2.05, 4.69) is 5.32 Å². The van der Waals surface area contributed by atoms with Crippen LogP contribution in [0.1, 0.15) is 58.8 Å². The van der Waals surface area contributed by atoms with E-state index in [0.29, 0.717) is 12.8 Å². The Morgan fingerprint density at radius 3 is 2.54 bits per heavy atom. The average molecular weight is 340 g/mol. The van der Waals surface area contributed by atoms with E-state index in [1.807, 2.05) is 6.92 Å². The molecule has 0 radical (unpaired) electrons. The lowest BCUT2D eigenvalue weighted by molar-refractivity contribution is -0.151. The largest absolute Gasteiger partial charge is 0.480 e. The number of amides is 1. The molecule has 1 amide bonds. The molecule has 1 aliphatic carbocycles. The molecule has 1 saturated heterocycles. The highest BCUT2D eigenvalue weighted by Gasteiger charge is 2.49. The first-order valence-electron chi connectivity index (χ1n) is 8.90. The number of unbranched alkanes of at least 4 members (excludes halogenated alkanes) is 1. The Labute approximate surface area is 142 Å². The van der Waals surface area contributed by atoms with E-state index >= 15 is 0 Å². The maximum Gasteiger partial charge on any atom is 0.326 e. The standard InChI is InChI=1S/C17H28N2O5/c1-3-4-7-12(16(21)22)18-10(2)15(20)19-13-8-5-6-11(13)9-14(19)17(23)24/h10-14,18H,3-9H2,1-2H3,(H,21,22)(H,23,24)/t10-,11-,12-,13-,14-/m0/s1. The fraction of sp³-hybridized carbons (Fsp3) is 0.824. The third kappa shape index (κ3) is 3.88. The van der Waals surface area contributed by atoms with Gasteiger partial charge in [0.2, 0.25) is 5.91 Å². The average Bonchev–Trinajstić information content (AvgIpc) is 3.10. The van der Waals surface area contributed by atoms with Crippen molar-refractivity contribution in [3.05, 3.63) is 0 Å². The summed E-state index contributed by atoms with van der Waals surface area (Å²) in [4.78, 5) is 37.2. The Morgan fingerprint density at radius 1 is 1.25 bits per heavy atom. The first kappa shape index (κ1) is 18.7. The number of hydrogen-bond acceptors (Lipinski definition) is 4. The van der Waals surface area contributed by atoms with Crippen LogP contribution in [0.15, 0.2) is 0 Å². The van der Waals surface area contributed by atoms with Crippen LogP contribution >= 0.6 is 0 Å². The van der Waals surface area contributed by atoms with Crippen LogP contribution in [-0.2, 0) is 14.4 Å². The summed E-state index contributed by atoms with van der Waals surface area (Å²) in [6, 6.07) is -2.28. The molecule has 1 saturated carbocycles. The molecule has 5 atom stereocenters. The highest BCUT2D eigenvalue weighted by molar-refractivity contribution is 5.88. The van der Waals surface area contributed by atoms with Crippen molar-refractivity contribution in [2.75, 3.05) is 0 Å². The summed E-state index contributed by atoms with van der Waals surface area (Å²) in [6.45, 7) is 3.61. The van der Waals surface area contributed by atoms with Crippen molar-refractivity contribution in [1.82, 2.24) is 10.2 Å². The van der Waals surface area contributed by atoms with E-state index in [4.69, 9.17) is 0 Å². The SMILES string of the molecule is CCCC[C@H](N[C@@H](C)C(=O)N1[C@H](C(=O)O)C[C@@H]2CCC[C@@H]21)C(=O)O. The zero-order valence-corrected chi connectivity index (χ0v) is 14.4. The number of carbonyl (C=O) groups excluding carboxylic acids is 1. The molecule has 2 fully saturated rings.